The van der Waals surface area contributed by atoms with E-state index < -0.39 is 0 Å². The number of aromatic nitrogens is 5. The van der Waals surface area contributed by atoms with Gasteiger partial charge in [-0.15, -0.1) is 5.10 Å². The Hall–Kier alpha value is -3.49. The summed E-state index contributed by atoms with van der Waals surface area (Å²) in [5.41, 5.74) is 9.61. The maximum absolute atomic E-state index is 12.1. The van der Waals surface area contributed by atoms with Crippen LogP contribution in [-0.2, 0) is 22.6 Å². The summed E-state index contributed by atoms with van der Waals surface area (Å²) in [6.45, 7) is 3.77. The first-order valence-corrected chi connectivity index (χ1v) is 8.49. The molecule has 3 aromatic heterocycles. The third-order valence-corrected chi connectivity index (χ3v) is 4.34. The molecule has 0 aliphatic carbocycles. The first-order chi connectivity index (χ1) is 13.0. The Morgan fingerprint density at radius 3 is 2.85 bits per heavy atom. The number of hydrogen-bond donors (Lipinski definition) is 1. The number of ether oxygens (including phenoxy) is 1. The second-order valence-electron chi connectivity index (χ2n) is 6.18. The van der Waals surface area contributed by atoms with E-state index in [2.05, 4.69) is 20.1 Å². The maximum atomic E-state index is 12.1. The molecule has 0 amide bonds. The van der Waals surface area contributed by atoms with Gasteiger partial charge >= 0.3 is 5.97 Å². The van der Waals surface area contributed by atoms with Crippen molar-refractivity contribution < 1.29 is 13.9 Å². The van der Waals surface area contributed by atoms with Crippen LogP contribution >= 0.6 is 0 Å². The number of para-hydroxylation sites is 2. The molecule has 1 aromatic carbocycles. The molecule has 0 saturated carbocycles. The number of carbonyl (C=O) groups excluding carboxylic acids is 1. The third kappa shape index (κ3) is 3.31. The average Bonchev–Trinajstić information content (AvgIpc) is 3.22. The van der Waals surface area contributed by atoms with Gasteiger partial charge in [0.15, 0.2) is 12.2 Å². The van der Waals surface area contributed by atoms with Gasteiger partial charge in [0.1, 0.15) is 5.52 Å². The molecule has 0 radical (unpaired) electrons. The number of carbonyl (C=O) groups is 1. The summed E-state index contributed by atoms with van der Waals surface area (Å²) >= 11 is 0. The predicted octanol–water partition coefficient (Wildman–Crippen LogP) is 2.14. The standard InChI is InChI=1S/C18H18N6O3/c1-10-12(11(2)24-18(20-10)22-17(19)23-24)7-8-16(25)26-9-15-21-13-5-3-4-6-14(13)27-15/h3-6H,7-9H2,1-2H3,(H2,19,23). The topological polar surface area (TPSA) is 121 Å². The minimum atomic E-state index is -0.339. The van der Waals surface area contributed by atoms with Crippen LogP contribution in [0.4, 0.5) is 5.95 Å². The number of esters is 1. The molecule has 27 heavy (non-hydrogen) atoms. The monoisotopic (exact) mass is 366 g/mol. The van der Waals surface area contributed by atoms with Crippen molar-refractivity contribution in [2.45, 2.75) is 33.3 Å². The molecular formula is C18H18N6O3. The van der Waals surface area contributed by atoms with E-state index in [-0.39, 0.29) is 24.9 Å². The molecule has 9 heteroatoms. The largest absolute Gasteiger partial charge is 0.456 e. The molecule has 3 heterocycles. The van der Waals surface area contributed by atoms with E-state index in [1.165, 1.54) is 0 Å². The van der Waals surface area contributed by atoms with Crippen molar-refractivity contribution in [3.8, 4) is 0 Å². The number of nitrogen functional groups attached to an aromatic ring is 1. The summed E-state index contributed by atoms with van der Waals surface area (Å²) < 4.78 is 12.4. The molecular weight excluding hydrogens is 348 g/mol. The predicted molar refractivity (Wildman–Crippen MR) is 96.8 cm³/mol. The summed E-state index contributed by atoms with van der Waals surface area (Å²) in [6.07, 6.45) is 0.687. The van der Waals surface area contributed by atoms with Crippen LogP contribution in [0.3, 0.4) is 0 Å². The van der Waals surface area contributed by atoms with Crippen molar-refractivity contribution in [3.05, 3.63) is 47.1 Å². The van der Waals surface area contributed by atoms with Crippen LogP contribution in [0.2, 0.25) is 0 Å². The minimum absolute atomic E-state index is 0.00235. The summed E-state index contributed by atoms with van der Waals surface area (Å²) in [5.74, 6) is 0.650. The van der Waals surface area contributed by atoms with Crippen molar-refractivity contribution in [3.63, 3.8) is 0 Å². The Bertz CT molecular complexity index is 1110. The fourth-order valence-corrected chi connectivity index (χ4v) is 3.01. The van der Waals surface area contributed by atoms with E-state index in [1.807, 2.05) is 38.1 Å². The lowest BCUT2D eigenvalue weighted by atomic mass is 10.1. The molecule has 0 fully saturated rings. The molecule has 0 aliphatic heterocycles. The summed E-state index contributed by atoms with van der Waals surface area (Å²) in [4.78, 5) is 24.9. The first-order valence-electron chi connectivity index (χ1n) is 8.49. The summed E-state index contributed by atoms with van der Waals surface area (Å²) in [6, 6.07) is 7.40. The molecule has 0 spiro atoms. The van der Waals surface area contributed by atoms with E-state index in [4.69, 9.17) is 14.9 Å². The molecule has 0 saturated heterocycles. The van der Waals surface area contributed by atoms with Crippen LogP contribution in [0.5, 0.6) is 0 Å². The zero-order valence-electron chi connectivity index (χ0n) is 15.0. The number of nitrogens with zero attached hydrogens (tertiary/aromatic N) is 5. The Morgan fingerprint density at radius 2 is 2.04 bits per heavy atom. The fourth-order valence-electron chi connectivity index (χ4n) is 3.01. The lowest BCUT2D eigenvalue weighted by Gasteiger charge is -2.09. The normalized spacial score (nSPS) is 11.3. The van der Waals surface area contributed by atoms with Crippen molar-refractivity contribution >= 4 is 28.8 Å². The number of aryl methyl sites for hydroxylation is 2. The maximum Gasteiger partial charge on any atom is 0.306 e. The van der Waals surface area contributed by atoms with Gasteiger partial charge in [0, 0.05) is 17.8 Å². The highest BCUT2D eigenvalue weighted by Crippen LogP contribution is 2.17. The van der Waals surface area contributed by atoms with E-state index in [1.54, 1.807) is 4.52 Å². The molecule has 9 nitrogen and oxygen atoms in total. The molecule has 138 valence electrons. The smallest absolute Gasteiger partial charge is 0.306 e. The Kier molecular flexibility index (Phi) is 4.19. The van der Waals surface area contributed by atoms with E-state index in [0.717, 1.165) is 22.5 Å². The van der Waals surface area contributed by atoms with Gasteiger partial charge in [0.05, 0.1) is 0 Å². The van der Waals surface area contributed by atoms with Crippen LogP contribution in [0, 0.1) is 13.8 Å². The van der Waals surface area contributed by atoms with Crippen molar-refractivity contribution in [1.29, 1.82) is 0 Å². The van der Waals surface area contributed by atoms with Gasteiger partial charge in [-0.1, -0.05) is 12.1 Å². The van der Waals surface area contributed by atoms with Gasteiger partial charge in [-0.05, 0) is 38.0 Å². The molecule has 0 unspecified atom stereocenters. The quantitative estimate of drug-likeness (QED) is 0.533. The highest BCUT2D eigenvalue weighted by Gasteiger charge is 2.15. The zero-order valence-corrected chi connectivity index (χ0v) is 15.0. The lowest BCUT2D eigenvalue weighted by molar-refractivity contribution is -0.145. The number of nitrogens with two attached hydrogens (primary N) is 1. The lowest BCUT2D eigenvalue weighted by Crippen LogP contribution is -2.10. The third-order valence-electron chi connectivity index (χ3n) is 4.34. The fraction of sp³-hybridized carbons (Fsp3) is 0.278. The SMILES string of the molecule is Cc1nc2nc(N)nn2c(C)c1CCC(=O)OCc1nc2ccccc2o1. The van der Waals surface area contributed by atoms with Gasteiger partial charge < -0.3 is 14.9 Å². The molecule has 2 N–H and O–H groups in total. The molecule has 4 aromatic rings. The summed E-state index contributed by atoms with van der Waals surface area (Å²) in [7, 11) is 0. The molecule has 0 aliphatic rings. The number of oxazole rings is 1. The molecule has 0 atom stereocenters. The zero-order chi connectivity index (χ0) is 19.0. The van der Waals surface area contributed by atoms with Crippen LogP contribution in [0.1, 0.15) is 29.3 Å². The number of benzene rings is 1. The highest BCUT2D eigenvalue weighted by atomic mass is 16.5. The van der Waals surface area contributed by atoms with Crippen LogP contribution in [0.25, 0.3) is 16.9 Å². The van der Waals surface area contributed by atoms with Gasteiger partial charge in [0.25, 0.3) is 5.78 Å². The van der Waals surface area contributed by atoms with E-state index in [9.17, 15) is 4.79 Å². The summed E-state index contributed by atoms with van der Waals surface area (Å²) in [5, 5.41) is 4.12. The van der Waals surface area contributed by atoms with Gasteiger partial charge in [-0.3, -0.25) is 4.79 Å². The molecule has 4 rings (SSSR count). The van der Waals surface area contributed by atoms with Gasteiger partial charge in [-0.2, -0.15) is 9.50 Å². The van der Waals surface area contributed by atoms with E-state index >= 15 is 0 Å². The minimum Gasteiger partial charge on any atom is -0.456 e. The van der Waals surface area contributed by atoms with E-state index in [0.29, 0.717) is 23.7 Å². The van der Waals surface area contributed by atoms with Crippen molar-refractivity contribution in [1.82, 2.24) is 24.6 Å². The van der Waals surface area contributed by atoms with Crippen LogP contribution < -0.4 is 5.73 Å². The number of fused-ring (bicyclic) bond motifs is 2. The van der Waals surface area contributed by atoms with Crippen LogP contribution in [0.15, 0.2) is 28.7 Å². The number of hydrogen-bond acceptors (Lipinski definition) is 8. The first kappa shape index (κ1) is 17.0. The second kappa shape index (κ2) is 6.67. The Balaban J connectivity index is 1.41. The van der Waals surface area contributed by atoms with Gasteiger partial charge in [0.2, 0.25) is 11.8 Å². The van der Waals surface area contributed by atoms with Crippen molar-refractivity contribution in [2.24, 2.45) is 0 Å². The number of anilines is 1. The Morgan fingerprint density at radius 1 is 1.22 bits per heavy atom. The Labute approximate surface area is 154 Å². The van der Waals surface area contributed by atoms with Gasteiger partial charge in [-0.25, -0.2) is 9.97 Å². The van der Waals surface area contributed by atoms with Crippen molar-refractivity contribution in [2.75, 3.05) is 5.73 Å². The highest BCUT2D eigenvalue weighted by molar-refractivity contribution is 5.72. The average molecular weight is 366 g/mol. The second-order valence-corrected chi connectivity index (χ2v) is 6.18. The molecule has 0 bridgehead atoms. The van der Waals surface area contributed by atoms with Crippen LogP contribution in [-0.4, -0.2) is 30.5 Å². The number of rotatable bonds is 5.